The largest absolute Gasteiger partial charge is 0.370 e. The van der Waals surface area contributed by atoms with Crippen LogP contribution in [0, 0.1) is 11.3 Å². The van der Waals surface area contributed by atoms with Gasteiger partial charge in [-0.2, -0.15) is 0 Å². The number of primary amides is 1. The number of nitrogens with one attached hydrogen (secondary N) is 1. The second kappa shape index (κ2) is 5.90. The van der Waals surface area contributed by atoms with Crippen LogP contribution in [0.2, 0.25) is 0 Å². The summed E-state index contributed by atoms with van der Waals surface area (Å²) in [6.07, 6.45) is 3.84. The van der Waals surface area contributed by atoms with Crippen LogP contribution in [-0.2, 0) is 9.59 Å². The summed E-state index contributed by atoms with van der Waals surface area (Å²) < 4.78 is 0. The van der Waals surface area contributed by atoms with E-state index in [9.17, 15) is 9.59 Å². The molecule has 1 rings (SSSR count). The Bertz CT molecular complexity index is 345. The monoisotopic (exact) mass is 269 g/mol. The molecule has 0 aromatic heterocycles. The summed E-state index contributed by atoms with van der Waals surface area (Å²) in [7, 11) is 0. The third-order valence-corrected chi connectivity index (χ3v) is 4.17. The zero-order chi connectivity index (χ0) is 14.7. The second-order valence-electron chi connectivity index (χ2n) is 6.65. The van der Waals surface area contributed by atoms with E-state index in [1.54, 1.807) is 0 Å². The maximum atomic E-state index is 12.5. The molecule has 0 radical (unpaired) electrons. The average Bonchev–Trinajstić information content (AvgIpc) is 2.27. The molecule has 0 atom stereocenters. The molecule has 110 valence electrons. The van der Waals surface area contributed by atoms with Crippen LogP contribution in [0.3, 0.4) is 0 Å². The Morgan fingerprint density at radius 1 is 1.32 bits per heavy atom. The van der Waals surface area contributed by atoms with Crippen LogP contribution in [0.15, 0.2) is 0 Å². The van der Waals surface area contributed by atoms with Crippen LogP contribution in [0.25, 0.3) is 0 Å². The van der Waals surface area contributed by atoms with Gasteiger partial charge in [-0.25, -0.2) is 0 Å². The Kier molecular flexibility index (Phi) is 4.96. The number of rotatable bonds is 5. The third-order valence-electron chi connectivity index (χ3n) is 4.17. The number of nitrogens with two attached hydrogens (primary N) is 2. The van der Waals surface area contributed by atoms with Crippen LogP contribution < -0.4 is 16.8 Å². The van der Waals surface area contributed by atoms with Crippen molar-refractivity contribution in [2.75, 3.05) is 6.54 Å². The molecular formula is C14H27N3O2. The van der Waals surface area contributed by atoms with Gasteiger partial charge in [0.25, 0.3) is 0 Å². The Balaban J connectivity index is 2.72. The average molecular weight is 269 g/mol. The van der Waals surface area contributed by atoms with Crippen molar-refractivity contribution in [1.82, 2.24) is 5.32 Å². The van der Waals surface area contributed by atoms with Gasteiger partial charge < -0.3 is 16.8 Å². The second-order valence-corrected chi connectivity index (χ2v) is 6.65. The van der Waals surface area contributed by atoms with Gasteiger partial charge in [0.15, 0.2) is 0 Å². The van der Waals surface area contributed by atoms with Gasteiger partial charge in [-0.15, -0.1) is 0 Å². The lowest BCUT2D eigenvalue weighted by atomic mass is 9.70. The smallest absolute Gasteiger partial charge is 0.227 e. The number of carbonyl (C=O) groups is 2. The van der Waals surface area contributed by atoms with E-state index in [0.717, 1.165) is 25.7 Å². The van der Waals surface area contributed by atoms with E-state index in [1.807, 2.05) is 13.8 Å². The van der Waals surface area contributed by atoms with Gasteiger partial charge in [-0.05, 0) is 45.4 Å². The van der Waals surface area contributed by atoms with Gasteiger partial charge in [-0.3, -0.25) is 9.59 Å². The minimum Gasteiger partial charge on any atom is -0.370 e. The summed E-state index contributed by atoms with van der Waals surface area (Å²) in [5.41, 5.74) is 9.97. The summed E-state index contributed by atoms with van der Waals surface area (Å²) in [6, 6.07) is 0. The molecule has 2 amide bonds. The summed E-state index contributed by atoms with van der Waals surface area (Å²) >= 11 is 0. The molecule has 1 aliphatic carbocycles. The molecule has 5 nitrogen and oxygen atoms in total. The molecule has 0 saturated heterocycles. The number of hydrogen-bond acceptors (Lipinski definition) is 3. The Morgan fingerprint density at radius 3 is 2.26 bits per heavy atom. The topological polar surface area (TPSA) is 98.2 Å². The summed E-state index contributed by atoms with van der Waals surface area (Å²) in [5.74, 6) is 0.212. The Hall–Kier alpha value is -1.10. The van der Waals surface area contributed by atoms with Crippen molar-refractivity contribution in [3.8, 4) is 0 Å². The quantitative estimate of drug-likeness (QED) is 0.692. The van der Waals surface area contributed by atoms with Crippen molar-refractivity contribution in [2.45, 2.75) is 58.4 Å². The standard InChI is InChI=1S/C14H27N3O2/c1-10-4-6-14(9-15,7-5-10)12(19)17-13(2,3)8-11(16)18/h10H,4-9,15H2,1-3H3,(H2,16,18)(H,17,19). The van der Waals surface area contributed by atoms with Crippen molar-refractivity contribution in [3.05, 3.63) is 0 Å². The SMILES string of the molecule is CC1CCC(CN)(C(=O)NC(C)(C)CC(N)=O)CC1. The zero-order valence-electron chi connectivity index (χ0n) is 12.3. The van der Waals surface area contributed by atoms with Crippen molar-refractivity contribution in [2.24, 2.45) is 22.8 Å². The Morgan fingerprint density at radius 2 is 1.84 bits per heavy atom. The van der Waals surface area contributed by atoms with Gasteiger partial charge in [0, 0.05) is 18.5 Å². The molecule has 0 bridgehead atoms. The van der Waals surface area contributed by atoms with Crippen LogP contribution in [0.4, 0.5) is 0 Å². The zero-order valence-corrected chi connectivity index (χ0v) is 12.3. The molecule has 0 heterocycles. The fourth-order valence-electron chi connectivity index (χ4n) is 2.76. The first-order valence-electron chi connectivity index (χ1n) is 7.02. The molecule has 1 aliphatic rings. The lowest BCUT2D eigenvalue weighted by Gasteiger charge is -2.39. The lowest BCUT2D eigenvalue weighted by molar-refractivity contribution is -0.135. The van der Waals surface area contributed by atoms with Gasteiger partial charge in [0.2, 0.25) is 11.8 Å². The van der Waals surface area contributed by atoms with E-state index in [4.69, 9.17) is 11.5 Å². The fraction of sp³-hybridized carbons (Fsp3) is 0.857. The van der Waals surface area contributed by atoms with Crippen LogP contribution in [0.5, 0.6) is 0 Å². The van der Waals surface area contributed by atoms with Gasteiger partial charge >= 0.3 is 0 Å². The molecular weight excluding hydrogens is 242 g/mol. The highest BCUT2D eigenvalue weighted by molar-refractivity contribution is 5.84. The molecule has 1 fully saturated rings. The molecule has 5 N–H and O–H groups in total. The van der Waals surface area contributed by atoms with Crippen LogP contribution in [-0.4, -0.2) is 23.9 Å². The molecule has 5 heteroatoms. The number of amides is 2. The van der Waals surface area contributed by atoms with Gasteiger partial charge in [0.1, 0.15) is 0 Å². The molecule has 1 saturated carbocycles. The minimum atomic E-state index is -0.617. The molecule has 0 unspecified atom stereocenters. The first kappa shape index (κ1) is 16.0. The highest BCUT2D eigenvalue weighted by atomic mass is 16.2. The number of carbonyl (C=O) groups excluding carboxylic acids is 2. The van der Waals surface area contributed by atoms with Crippen molar-refractivity contribution < 1.29 is 9.59 Å². The summed E-state index contributed by atoms with van der Waals surface area (Å²) in [4.78, 5) is 23.5. The summed E-state index contributed by atoms with van der Waals surface area (Å²) in [5, 5.41) is 2.94. The summed E-state index contributed by atoms with van der Waals surface area (Å²) in [6.45, 7) is 6.18. The maximum absolute atomic E-state index is 12.5. The predicted octanol–water partition coefficient (Wildman–Crippen LogP) is 0.912. The van der Waals surface area contributed by atoms with E-state index < -0.39 is 16.9 Å². The maximum Gasteiger partial charge on any atom is 0.227 e. The molecule has 0 aromatic carbocycles. The van der Waals surface area contributed by atoms with E-state index in [1.165, 1.54) is 0 Å². The van der Waals surface area contributed by atoms with E-state index in [0.29, 0.717) is 12.5 Å². The van der Waals surface area contributed by atoms with Crippen LogP contribution >= 0.6 is 0 Å². The lowest BCUT2D eigenvalue weighted by Crippen LogP contribution is -2.55. The normalized spacial score (nSPS) is 27.9. The van der Waals surface area contributed by atoms with Crippen LogP contribution in [0.1, 0.15) is 52.9 Å². The van der Waals surface area contributed by atoms with Gasteiger partial charge in [-0.1, -0.05) is 6.92 Å². The predicted molar refractivity (Wildman–Crippen MR) is 75.2 cm³/mol. The van der Waals surface area contributed by atoms with E-state index in [-0.39, 0.29) is 12.3 Å². The molecule has 0 aromatic rings. The number of hydrogen-bond donors (Lipinski definition) is 3. The third kappa shape index (κ3) is 4.20. The molecule has 19 heavy (non-hydrogen) atoms. The first-order valence-corrected chi connectivity index (χ1v) is 7.02. The molecule has 0 aliphatic heterocycles. The molecule has 0 spiro atoms. The van der Waals surface area contributed by atoms with E-state index in [2.05, 4.69) is 12.2 Å². The van der Waals surface area contributed by atoms with Gasteiger partial charge in [0.05, 0.1) is 5.41 Å². The van der Waals surface area contributed by atoms with Crippen molar-refractivity contribution in [3.63, 3.8) is 0 Å². The highest BCUT2D eigenvalue weighted by Gasteiger charge is 2.41. The van der Waals surface area contributed by atoms with Crippen molar-refractivity contribution >= 4 is 11.8 Å². The van der Waals surface area contributed by atoms with Crippen molar-refractivity contribution in [1.29, 1.82) is 0 Å². The Labute approximate surface area is 115 Å². The minimum absolute atomic E-state index is 0.0341. The fourth-order valence-corrected chi connectivity index (χ4v) is 2.76. The highest BCUT2D eigenvalue weighted by Crippen LogP contribution is 2.38. The van der Waals surface area contributed by atoms with E-state index >= 15 is 0 Å². The first-order chi connectivity index (χ1) is 8.71.